The molecule has 0 aliphatic carbocycles. The van der Waals surface area contributed by atoms with Gasteiger partial charge in [-0.3, -0.25) is 14.3 Å². The van der Waals surface area contributed by atoms with Gasteiger partial charge in [0.1, 0.15) is 0 Å². The number of benzene rings is 1. The van der Waals surface area contributed by atoms with Crippen LogP contribution in [0.2, 0.25) is 0 Å². The van der Waals surface area contributed by atoms with Gasteiger partial charge in [-0.25, -0.2) is 4.79 Å². The van der Waals surface area contributed by atoms with E-state index in [-0.39, 0.29) is 17.7 Å². The Kier molecular flexibility index (Phi) is 4.71. The lowest BCUT2D eigenvalue weighted by Gasteiger charge is -2.12. The molecule has 1 atom stereocenters. The van der Waals surface area contributed by atoms with Crippen LogP contribution in [-0.2, 0) is 20.0 Å². The summed E-state index contributed by atoms with van der Waals surface area (Å²) in [6.45, 7) is 2.44. The molecule has 3 N–H and O–H groups in total. The fraction of sp³-hybridized carbons (Fsp3) is 0.353. The first-order chi connectivity index (χ1) is 12.0. The van der Waals surface area contributed by atoms with Gasteiger partial charge < -0.3 is 15.0 Å². The topological polar surface area (TPSA) is 105 Å². The first-order valence-corrected chi connectivity index (χ1v) is 8.12. The number of aliphatic hydroxyl groups is 1. The van der Waals surface area contributed by atoms with Crippen LogP contribution in [0.5, 0.6) is 0 Å². The van der Waals surface area contributed by atoms with E-state index < -0.39 is 17.4 Å². The molecular formula is C17H21N5O3. The molecule has 2 heterocycles. The van der Waals surface area contributed by atoms with E-state index >= 15 is 0 Å². The van der Waals surface area contributed by atoms with E-state index in [0.717, 1.165) is 6.42 Å². The number of aliphatic hydroxyl groups excluding tert-OH is 1. The zero-order valence-electron chi connectivity index (χ0n) is 14.2. The van der Waals surface area contributed by atoms with Gasteiger partial charge in [0.25, 0.3) is 5.56 Å². The third-order valence-electron chi connectivity index (χ3n) is 3.99. The largest absolute Gasteiger partial charge is 0.392 e. The number of nitrogens with zero attached hydrogens (tertiary/aromatic N) is 3. The minimum Gasteiger partial charge on any atom is -0.392 e. The van der Waals surface area contributed by atoms with Crippen molar-refractivity contribution in [3.63, 3.8) is 0 Å². The fourth-order valence-corrected chi connectivity index (χ4v) is 2.77. The highest BCUT2D eigenvalue weighted by molar-refractivity contribution is 5.74. The molecule has 2 aromatic heterocycles. The SMILES string of the molecule is C[C@H](O)Cn1c(NCCc2ccccc2)nc2c1c(=O)[nH]c(=O)n2C. The molecule has 0 fully saturated rings. The van der Waals surface area contributed by atoms with Gasteiger partial charge in [0.2, 0.25) is 5.95 Å². The van der Waals surface area contributed by atoms with Crippen LogP contribution in [0.1, 0.15) is 12.5 Å². The molecule has 3 rings (SSSR count). The lowest BCUT2D eigenvalue weighted by Crippen LogP contribution is -2.29. The van der Waals surface area contributed by atoms with E-state index in [0.29, 0.717) is 12.5 Å². The molecule has 0 spiro atoms. The third-order valence-corrected chi connectivity index (χ3v) is 3.99. The van der Waals surface area contributed by atoms with E-state index in [1.165, 1.54) is 10.1 Å². The standard InChI is InChI=1S/C17H21N5O3/c1-11(23)10-22-13-14(21(2)17(25)20-15(13)24)19-16(22)18-9-8-12-6-4-3-5-7-12/h3-7,11,23H,8-10H2,1-2H3,(H,18,19)(H,20,24,25)/t11-/m0/s1. The summed E-state index contributed by atoms with van der Waals surface area (Å²) in [6, 6.07) is 10.00. The minimum atomic E-state index is -0.663. The highest BCUT2D eigenvalue weighted by Gasteiger charge is 2.18. The summed E-state index contributed by atoms with van der Waals surface area (Å²) in [4.78, 5) is 30.7. The number of aromatic nitrogens is 4. The molecular weight excluding hydrogens is 322 g/mol. The number of aromatic amines is 1. The molecule has 0 aliphatic heterocycles. The van der Waals surface area contributed by atoms with Crippen molar-refractivity contribution in [1.29, 1.82) is 0 Å². The van der Waals surface area contributed by atoms with Crippen molar-refractivity contribution in [2.75, 3.05) is 11.9 Å². The number of hydrogen-bond acceptors (Lipinski definition) is 5. The molecule has 8 nitrogen and oxygen atoms in total. The highest BCUT2D eigenvalue weighted by atomic mass is 16.3. The summed E-state index contributed by atoms with van der Waals surface area (Å²) in [5.74, 6) is 0.457. The van der Waals surface area contributed by atoms with Gasteiger partial charge in [0, 0.05) is 13.6 Å². The molecule has 25 heavy (non-hydrogen) atoms. The number of H-pyrrole nitrogens is 1. The summed E-state index contributed by atoms with van der Waals surface area (Å²) < 4.78 is 2.90. The molecule has 0 saturated heterocycles. The molecule has 3 aromatic rings. The molecule has 0 unspecified atom stereocenters. The van der Waals surface area contributed by atoms with Crippen molar-refractivity contribution in [2.45, 2.75) is 26.0 Å². The van der Waals surface area contributed by atoms with Crippen molar-refractivity contribution in [2.24, 2.45) is 7.05 Å². The molecule has 0 amide bonds. The third kappa shape index (κ3) is 3.48. The van der Waals surface area contributed by atoms with Gasteiger partial charge in [-0.1, -0.05) is 30.3 Å². The monoisotopic (exact) mass is 343 g/mol. The highest BCUT2D eigenvalue weighted by Crippen LogP contribution is 2.16. The van der Waals surface area contributed by atoms with Crippen LogP contribution in [0.4, 0.5) is 5.95 Å². The Morgan fingerprint density at radius 3 is 2.68 bits per heavy atom. The zero-order chi connectivity index (χ0) is 18.0. The van der Waals surface area contributed by atoms with Gasteiger partial charge in [0.05, 0.1) is 12.6 Å². The lowest BCUT2D eigenvalue weighted by atomic mass is 10.1. The Labute approximate surface area is 143 Å². The van der Waals surface area contributed by atoms with Crippen LogP contribution < -0.4 is 16.6 Å². The normalized spacial score (nSPS) is 12.4. The van der Waals surface area contributed by atoms with Gasteiger partial charge in [0.15, 0.2) is 11.2 Å². The van der Waals surface area contributed by atoms with Crippen LogP contribution in [0, 0.1) is 0 Å². The lowest BCUT2D eigenvalue weighted by molar-refractivity contribution is 0.175. The van der Waals surface area contributed by atoms with Crippen LogP contribution >= 0.6 is 0 Å². The maximum Gasteiger partial charge on any atom is 0.329 e. The average Bonchev–Trinajstić information content (AvgIpc) is 2.92. The Hall–Kier alpha value is -2.87. The second-order valence-electron chi connectivity index (χ2n) is 6.05. The van der Waals surface area contributed by atoms with Crippen LogP contribution in [0.15, 0.2) is 39.9 Å². The van der Waals surface area contributed by atoms with Crippen molar-refractivity contribution < 1.29 is 5.11 Å². The first-order valence-electron chi connectivity index (χ1n) is 8.12. The number of imidazole rings is 1. The zero-order valence-corrected chi connectivity index (χ0v) is 14.2. The Morgan fingerprint density at radius 1 is 1.28 bits per heavy atom. The predicted octanol–water partition coefficient (Wildman–Crippen LogP) is 0.459. The summed E-state index contributed by atoms with van der Waals surface area (Å²) in [7, 11) is 1.55. The average molecular weight is 343 g/mol. The smallest absolute Gasteiger partial charge is 0.329 e. The summed E-state index contributed by atoms with van der Waals surface area (Å²) in [5, 5.41) is 13.0. The van der Waals surface area contributed by atoms with Gasteiger partial charge in [-0.2, -0.15) is 4.98 Å². The Morgan fingerprint density at radius 2 is 2.00 bits per heavy atom. The van der Waals surface area contributed by atoms with Crippen LogP contribution in [0.3, 0.4) is 0 Å². The maximum absolute atomic E-state index is 12.2. The van der Waals surface area contributed by atoms with Gasteiger partial charge in [-0.05, 0) is 18.9 Å². The van der Waals surface area contributed by atoms with Crippen molar-refractivity contribution in [3.05, 3.63) is 56.7 Å². The van der Waals surface area contributed by atoms with Gasteiger partial charge in [-0.15, -0.1) is 0 Å². The molecule has 1 aromatic carbocycles. The van der Waals surface area contributed by atoms with E-state index in [1.54, 1.807) is 18.5 Å². The summed E-state index contributed by atoms with van der Waals surface area (Å²) >= 11 is 0. The molecule has 132 valence electrons. The van der Waals surface area contributed by atoms with E-state index in [4.69, 9.17) is 0 Å². The van der Waals surface area contributed by atoms with Crippen LogP contribution in [0.25, 0.3) is 11.2 Å². The molecule has 0 saturated carbocycles. The predicted molar refractivity (Wildman–Crippen MR) is 95.9 cm³/mol. The second kappa shape index (κ2) is 6.94. The number of fused-ring (bicyclic) bond motifs is 1. The summed E-state index contributed by atoms with van der Waals surface area (Å²) in [5.41, 5.74) is 0.706. The number of aryl methyl sites for hydroxylation is 1. The molecule has 8 heteroatoms. The summed E-state index contributed by atoms with van der Waals surface area (Å²) in [6.07, 6.45) is 0.122. The van der Waals surface area contributed by atoms with E-state index in [1.807, 2.05) is 30.3 Å². The van der Waals surface area contributed by atoms with Crippen molar-refractivity contribution >= 4 is 17.1 Å². The number of hydrogen-bond donors (Lipinski definition) is 3. The first kappa shape index (κ1) is 17.0. The Balaban J connectivity index is 1.96. The van der Waals surface area contributed by atoms with Crippen molar-refractivity contribution in [3.8, 4) is 0 Å². The van der Waals surface area contributed by atoms with Crippen LogP contribution in [-0.4, -0.2) is 36.9 Å². The number of anilines is 1. The van der Waals surface area contributed by atoms with E-state index in [2.05, 4.69) is 15.3 Å². The number of rotatable bonds is 6. The molecule has 0 bridgehead atoms. The molecule has 0 aliphatic rings. The molecule has 0 radical (unpaired) electrons. The maximum atomic E-state index is 12.2. The minimum absolute atomic E-state index is 0.200. The Bertz CT molecular complexity index is 985. The van der Waals surface area contributed by atoms with Crippen molar-refractivity contribution in [1.82, 2.24) is 19.1 Å². The van der Waals surface area contributed by atoms with E-state index in [9.17, 15) is 14.7 Å². The number of nitrogens with one attached hydrogen (secondary N) is 2. The quantitative estimate of drug-likeness (QED) is 0.603. The fourth-order valence-electron chi connectivity index (χ4n) is 2.77. The van der Waals surface area contributed by atoms with Gasteiger partial charge >= 0.3 is 5.69 Å². The second-order valence-corrected chi connectivity index (χ2v) is 6.05.